The first kappa shape index (κ1) is 15.2. The number of benzene rings is 1. The first-order chi connectivity index (χ1) is 10.1. The third-order valence-electron chi connectivity index (χ3n) is 2.52. The first-order valence-corrected chi connectivity index (χ1v) is 7.41. The van der Waals surface area contributed by atoms with E-state index in [0.717, 1.165) is 10.6 Å². The summed E-state index contributed by atoms with van der Waals surface area (Å²) in [5.74, 6) is -0.913. The van der Waals surface area contributed by atoms with E-state index in [1.165, 1.54) is 11.3 Å². The lowest BCUT2D eigenvalue weighted by molar-refractivity contribution is -0.124. The van der Waals surface area contributed by atoms with Gasteiger partial charge < -0.3 is 10.1 Å². The Balaban J connectivity index is 1.95. The highest BCUT2D eigenvalue weighted by Crippen LogP contribution is 2.23. The molecule has 0 unspecified atom stereocenters. The Morgan fingerprint density at radius 2 is 2.00 bits per heavy atom. The van der Waals surface area contributed by atoms with Crippen LogP contribution in [0.5, 0.6) is 0 Å². The van der Waals surface area contributed by atoms with Gasteiger partial charge in [-0.25, -0.2) is 9.78 Å². The van der Waals surface area contributed by atoms with E-state index in [0.29, 0.717) is 0 Å². The Labute approximate surface area is 127 Å². The lowest BCUT2D eigenvalue weighted by atomic mass is 10.2. The fourth-order valence-electron chi connectivity index (χ4n) is 1.65. The van der Waals surface area contributed by atoms with E-state index in [1.54, 1.807) is 5.38 Å². The van der Waals surface area contributed by atoms with E-state index in [9.17, 15) is 9.59 Å². The molecule has 1 N–H and O–H groups in total. The maximum Gasteiger partial charge on any atom is 0.358 e. The van der Waals surface area contributed by atoms with Crippen molar-refractivity contribution in [2.24, 2.45) is 0 Å². The second-order valence-electron chi connectivity index (χ2n) is 4.70. The van der Waals surface area contributed by atoms with Crippen LogP contribution in [-0.2, 0) is 9.53 Å². The van der Waals surface area contributed by atoms with Crippen molar-refractivity contribution in [1.29, 1.82) is 0 Å². The molecule has 0 atom stereocenters. The molecule has 0 aliphatic rings. The maximum absolute atomic E-state index is 11.8. The minimum atomic E-state index is -0.590. The molecule has 1 aromatic heterocycles. The summed E-state index contributed by atoms with van der Waals surface area (Å²) in [5.41, 5.74) is 1.16. The van der Waals surface area contributed by atoms with E-state index >= 15 is 0 Å². The number of hydrogen-bond donors (Lipinski definition) is 1. The van der Waals surface area contributed by atoms with E-state index in [1.807, 2.05) is 44.2 Å². The van der Waals surface area contributed by atoms with Crippen LogP contribution >= 0.6 is 11.3 Å². The van der Waals surface area contributed by atoms with Crippen LogP contribution in [0.25, 0.3) is 10.6 Å². The van der Waals surface area contributed by atoms with E-state index in [2.05, 4.69) is 10.3 Å². The zero-order valence-electron chi connectivity index (χ0n) is 11.8. The minimum absolute atomic E-state index is 0.0140. The van der Waals surface area contributed by atoms with Crippen molar-refractivity contribution in [2.45, 2.75) is 19.9 Å². The van der Waals surface area contributed by atoms with Gasteiger partial charge in [-0.15, -0.1) is 11.3 Å². The number of thiazole rings is 1. The molecule has 0 aliphatic carbocycles. The maximum atomic E-state index is 11.8. The Morgan fingerprint density at radius 1 is 1.29 bits per heavy atom. The number of esters is 1. The molecule has 0 saturated carbocycles. The minimum Gasteiger partial charge on any atom is -0.451 e. The second kappa shape index (κ2) is 6.99. The zero-order valence-corrected chi connectivity index (χ0v) is 12.6. The molecule has 6 heteroatoms. The molecule has 0 aliphatic heterocycles. The molecule has 110 valence electrons. The molecular formula is C15H16N2O3S. The van der Waals surface area contributed by atoms with Crippen LogP contribution < -0.4 is 5.32 Å². The molecule has 2 rings (SSSR count). The highest BCUT2D eigenvalue weighted by atomic mass is 32.1. The quantitative estimate of drug-likeness (QED) is 0.862. The fourth-order valence-corrected chi connectivity index (χ4v) is 2.44. The largest absolute Gasteiger partial charge is 0.451 e. The third kappa shape index (κ3) is 4.39. The smallest absolute Gasteiger partial charge is 0.358 e. The number of amides is 1. The van der Waals surface area contributed by atoms with Crippen molar-refractivity contribution in [3.05, 3.63) is 41.4 Å². The zero-order chi connectivity index (χ0) is 15.2. The lowest BCUT2D eigenvalue weighted by Gasteiger charge is -2.07. The summed E-state index contributed by atoms with van der Waals surface area (Å²) < 4.78 is 4.93. The van der Waals surface area contributed by atoms with Gasteiger partial charge in [0.15, 0.2) is 12.3 Å². The number of aromatic nitrogens is 1. The molecule has 21 heavy (non-hydrogen) atoms. The topological polar surface area (TPSA) is 68.3 Å². The molecule has 1 aromatic carbocycles. The molecule has 0 bridgehead atoms. The first-order valence-electron chi connectivity index (χ1n) is 6.53. The van der Waals surface area contributed by atoms with Gasteiger partial charge in [-0.3, -0.25) is 4.79 Å². The van der Waals surface area contributed by atoms with Gasteiger partial charge in [0.1, 0.15) is 5.01 Å². The number of hydrogen-bond acceptors (Lipinski definition) is 5. The van der Waals surface area contributed by atoms with Crippen LogP contribution in [0, 0.1) is 0 Å². The SMILES string of the molecule is CC(C)NC(=O)COC(=O)c1csc(-c2ccccc2)n1. The Hall–Kier alpha value is -2.21. The summed E-state index contributed by atoms with van der Waals surface area (Å²) in [5, 5.41) is 5.02. The van der Waals surface area contributed by atoms with Crippen LogP contribution in [0.3, 0.4) is 0 Å². The highest BCUT2D eigenvalue weighted by molar-refractivity contribution is 7.13. The van der Waals surface area contributed by atoms with Crippen molar-refractivity contribution in [3.8, 4) is 10.6 Å². The molecule has 0 saturated heterocycles. The molecule has 0 radical (unpaired) electrons. The Kier molecular flexibility index (Phi) is 5.05. The van der Waals surface area contributed by atoms with Gasteiger partial charge in [-0.2, -0.15) is 0 Å². The van der Waals surface area contributed by atoms with Crippen molar-refractivity contribution in [1.82, 2.24) is 10.3 Å². The molecular weight excluding hydrogens is 288 g/mol. The van der Waals surface area contributed by atoms with Crippen molar-refractivity contribution < 1.29 is 14.3 Å². The summed E-state index contributed by atoms with van der Waals surface area (Å²) in [4.78, 5) is 27.5. The number of carbonyl (C=O) groups is 2. The molecule has 1 amide bonds. The van der Waals surface area contributed by atoms with Crippen molar-refractivity contribution in [3.63, 3.8) is 0 Å². The fraction of sp³-hybridized carbons (Fsp3) is 0.267. The van der Waals surface area contributed by atoms with Gasteiger partial charge in [0.25, 0.3) is 5.91 Å². The number of rotatable bonds is 5. The van der Waals surface area contributed by atoms with E-state index < -0.39 is 5.97 Å². The van der Waals surface area contributed by atoms with Gasteiger partial charge in [-0.05, 0) is 13.8 Å². The number of nitrogens with one attached hydrogen (secondary N) is 1. The lowest BCUT2D eigenvalue weighted by Crippen LogP contribution is -2.34. The summed E-state index contributed by atoms with van der Waals surface area (Å²) in [6.45, 7) is 3.38. The van der Waals surface area contributed by atoms with E-state index in [-0.39, 0.29) is 24.2 Å². The van der Waals surface area contributed by atoms with Gasteiger partial charge in [-0.1, -0.05) is 30.3 Å². The molecule has 0 spiro atoms. The standard InChI is InChI=1S/C15H16N2O3S/c1-10(2)16-13(18)8-20-15(19)12-9-21-14(17-12)11-6-4-3-5-7-11/h3-7,9-10H,8H2,1-2H3,(H,16,18). The predicted molar refractivity (Wildman–Crippen MR) is 81.1 cm³/mol. The van der Waals surface area contributed by atoms with Gasteiger partial charge in [0, 0.05) is 17.0 Å². The highest BCUT2D eigenvalue weighted by Gasteiger charge is 2.15. The summed E-state index contributed by atoms with van der Waals surface area (Å²) in [6.07, 6.45) is 0. The molecule has 1 heterocycles. The van der Waals surface area contributed by atoms with Crippen molar-refractivity contribution in [2.75, 3.05) is 6.61 Å². The Bertz CT molecular complexity index is 623. The third-order valence-corrected chi connectivity index (χ3v) is 3.41. The number of nitrogens with zero attached hydrogens (tertiary/aromatic N) is 1. The normalized spacial score (nSPS) is 10.4. The summed E-state index contributed by atoms with van der Waals surface area (Å²) in [7, 11) is 0. The van der Waals surface area contributed by atoms with Gasteiger partial charge in [0.2, 0.25) is 0 Å². The monoisotopic (exact) mass is 304 g/mol. The summed E-state index contributed by atoms with van der Waals surface area (Å²) >= 11 is 1.36. The summed E-state index contributed by atoms with van der Waals surface area (Å²) in [6, 6.07) is 9.59. The predicted octanol–water partition coefficient (Wildman–Crippen LogP) is 2.49. The van der Waals surface area contributed by atoms with Gasteiger partial charge in [0.05, 0.1) is 0 Å². The van der Waals surface area contributed by atoms with Crippen LogP contribution in [0.2, 0.25) is 0 Å². The van der Waals surface area contributed by atoms with Gasteiger partial charge >= 0.3 is 5.97 Å². The van der Waals surface area contributed by atoms with E-state index in [4.69, 9.17) is 4.74 Å². The van der Waals surface area contributed by atoms with Crippen LogP contribution in [0.1, 0.15) is 24.3 Å². The van der Waals surface area contributed by atoms with Crippen LogP contribution in [-0.4, -0.2) is 29.5 Å². The molecule has 0 fully saturated rings. The van der Waals surface area contributed by atoms with Crippen LogP contribution in [0.15, 0.2) is 35.7 Å². The van der Waals surface area contributed by atoms with Crippen molar-refractivity contribution >= 4 is 23.2 Å². The molecule has 5 nitrogen and oxygen atoms in total. The Morgan fingerprint density at radius 3 is 2.67 bits per heavy atom. The average Bonchev–Trinajstić information content (AvgIpc) is 2.95. The number of ether oxygens (including phenoxy) is 1. The second-order valence-corrected chi connectivity index (χ2v) is 5.56. The number of carbonyl (C=O) groups excluding carboxylic acids is 2. The van der Waals surface area contributed by atoms with Crippen LogP contribution in [0.4, 0.5) is 0 Å². The average molecular weight is 304 g/mol. The molecule has 2 aromatic rings.